The van der Waals surface area contributed by atoms with Crippen LogP contribution >= 0.6 is 0 Å². The average molecular weight is 408 g/mol. The molecule has 3 heterocycles. The molecule has 1 aromatic carbocycles. The van der Waals surface area contributed by atoms with E-state index in [0.29, 0.717) is 37.7 Å². The molecule has 0 radical (unpaired) electrons. The van der Waals surface area contributed by atoms with Gasteiger partial charge in [0.25, 0.3) is 5.91 Å². The van der Waals surface area contributed by atoms with E-state index in [1.54, 1.807) is 23.4 Å². The molecular weight excluding hydrogens is 378 g/mol. The number of carbonyl (C=O) groups excluding carboxylic acids is 2. The predicted octanol–water partition coefficient (Wildman–Crippen LogP) is 2.23. The fourth-order valence-electron chi connectivity index (χ4n) is 4.98. The number of aryl methyl sites for hydroxylation is 1. The molecule has 0 spiro atoms. The van der Waals surface area contributed by atoms with E-state index in [2.05, 4.69) is 14.9 Å². The van der Waals surface area contributed by atoms with Gasteiger partial charge in [0.15, 0.2) is 0 Å². The standard InChI is InChI=1S/C23H29N5O2/c1-17-7-4-8-18(13-17)20(29)27-12-5-9-23(21(30)26(2)3)16-28(15-19(23)14-27)22-24-10-6-11-25-22/h4,6-8,10-11,13,19H,5,9,12,14-16H2,1-3H3/t19-,23-/m0/s1. The normalized spacial score (nSPS) is 23.6. The minimum Gasteiger partial charge on any atom is -0.348 e. The van der Waals surface area contributed by atoms with E-state index in [1.807, 2.05) is 50.2 Å². The van der Waals surface area contributed by atoms with Gasteiger partial charge in [-0.3, -0.25) is 9.59 Å². The molecule has 2 aliphatic rings. The van der Waals surface area contributed by atoms with Crippen molar-refractivity contribution in [2.45, 2.75) is 19.8 Å². The molecule has 1 aromatic heterocycles. The quantitative estimate of drug-likeness (QED) is 0.780. The maximum absolute atomic E-state index is 13.4. The Morgan fingerprint density at radius 3 is 2.60 bits per heavy atom. The van der Waals surface area contributed by atoms with Crippen LogP contribution < -0.4 is 4.90 Å². The van der Waals surface area contributed by atoms with Crippen LogP contribution in [0.1, 0.15) is 28.8 Å². The van der Waals surface area contributed by atoms with Crippen LogP contribution in [0.2, 0.25) is 0 Å². The van der Waals surface area contributed by atoms with Gasteiger partial charge in [-0.1, -0.05) is 17.7 Å². The zero-order valence-electron chi connectivity index (χ0n) is 17.9. The molecule has 2 amide bonds. The van der Waals surface area contributed by atoms with Crippen molar-refractivity contribution < 1.29 is 9.59 Å². The number of aromatic nitrogens is 2. The van der Waals surface area contributed by atoms with Gasteiger partial charge in [0, 0.05) is 64.1 Å². The Labute approximate surface area is 177 Å². The molecule has 0 bridgehead atoms. The van der Waals surface area contributed by atoms with Gasteiger partial charge < -0.3 is 14.7 Å². The molecule has 4 rings (SSSR count). The minimum absolute atomic E-state index is 0.0347. The Balaban J connectivity index is 1.64. The van der Waals surface area contributed by atoms with E-state index in [1.165, 1.54) is 0 Å². The van der Waals surface area contributed by atoms with Crippen molar-refractivity contribution in [3.8, 4) is 0 Å². The molecular formula is C23H29N5O2. The summed E-state index contributed by atoms with van der Waals surface area (Å²) < 4.78 is 0. The molecule has 2 fully saturated rings. The van der Waals surface area contributed by atoms with Gasteiger partial charge in [-0.15, -0.1) is 0 Å². The molecule has 0 unspecified atom stereocenters. The minimum atomic E-state index is -0.523. The van der Waals surface area contributed by atoms with E-state index in [9.17, 15) is 9.59 Å². The lowest BCUT2D eigenvalue weighted by molar-refractivity contribution is -0.141. The molecule has 2 saturated heterocycles. The first-order chi connectivity index (χ1) is 14.4. The van der Waals surface area contributed by atoms with E-state index < -0.39 is 5.41 Å². The van der Waals surface area contributed by atoms with Gasteiger partial charge in [-0.05, 0) is 38.0 Å². The number of likely N-dealkylation sites (tertiary alicyclic amines) is 1. The van der Waals surface area contributed by atoms with Crippen LogP contribution in [0.3, 0.4) is 0 Å². The van der Waals surface area contributed by atoms with E-state index in [0.717, 1.165) is 18.4 Å². The molecule has 0 saturated carbocycles. The van der Waals surface area contributed by atoms with Crippen LogP contribution in [0.15, 0.2) is 42.7 Å². The largest absolute Gasteiger partial charge is 0.348 e. The molecule has 0 N–H and O–H groups in total. The molecule has 7 nitrogen and oxygen atoms in total. The molecule has 0 aliphatic carbocycles. The van der Waals surface area contributed by atoms with Crippen molar-refractivity contribution >= 4 is 17.8 Å². The number of benzene rings is 1. The van der Waals surface area contributed by atoms with Crippen LogP contribution in [-0.2, 0) is 4.79 Å². The van der Waals surface area contributed by atoms with Crippen molar-refractivity contribution in [2.24, 2.45) is 11.3 Å². The maximum Gasteiger partial charge on any atom is 0.253 e. The zero-order chi connectivity index (χ0) is 21.3. The summed E-state index contributed by atoms with van der Waals surface area (Å²) in [5, 5.41) is 0. The topological polar surface area (TPSA) is 69.6 Å². The van der Waals surface area contributed by atoms with Crippen LogP contribution in [0.25, 0.3) is 0 Å². The number of carbonyl (C=O) groups is 2. The van der Waals surface area contributed by atoms with Gasteiger partial charge in [-0.25, -0.2) is 9.97 Å². The van der Waals surface area contributed by atoms with Crippen molar-refractivity contribution in [1.82, 2.24) is 19.8 Å². The summed E-state index contributed by atoms with van der Waals surface area (Å²) >= 11 is 0. The zero-order valence-corrected chi connectivity index (χ0v) is 17.9. The lowest BCUT2D eigenvalue weighted by Gasteiger charge is -2.34. The fraction of sp³-hybridized carbons (Fsp3) is 0.478. The maximum atomic E-state index is 13.4. The van der Waals surface area contributed by atoms with Crippen molar-refractivity contribution in [3.63, 3.8) is 0 Å². The van der Waals surface area contributed by atoms with E-state index in [-0.39, 0.29) is 17.7 Å². The van der Waals surface area contributed by atoms with Crippen LogP contribution in [0.5, 0.6) is 0 Å². The highest BCUT2D eigenvalue weighted by Gasteiger charge is 2.54. The molecule has 7 heteroatoms. The van der Waals surface area contributed by atoms with Crippen molar-refractivity contribution in [2.75, 3.05) is 45.2 Å². The summed E-state index contributed by atoms with van der Waals surface area (Å²) in [6.07, 6.45) is 5.02. The number of anilines is 1. The first-order valence-electron chi connectivity index (χ1n) is 10.5. The molecule has 158 valence electrons. The third kappa shape index (κ3) is 3.64. The highest BCUT2D eigenvalue weighted by Crippen LogP contribution is 2.44. The fourth-order valence-corrected chi connectivity index (χ4v) is 4.98. The van der Waals surface area contributed by atoms with Gasteiger partial charge in [0.2, 0.25) is 11.9 Å². The first-order valence-corrected chi connectivity index (χ1v) is 10.5. The first kappa shape index (κ1) is 20.3. The number of amides is 2. The second-order valence-electron chi connectivity index (χ2n) is 8.71. The number of hydrogen-bond donors (Lipinski definition) is 0. The second kappa shape index (κ2) is 8.05. The Morgan fingerprint density at radius 2 is 1.90 bits per heavy atom. The summed E-state index contributed by atoms with van der Waals surface area (Å²) in [5.74, 6) is 0.859. The Bertz CT molecular complexity index is 932. The highest BCUT2D eigenvalue weighted by molar-refractivity contribution is 5.94. The predicted molar refractivity (Wildman–Crippen MR) is 115 cm³/mol. The second-order valence-corrected chi connectivity index (χ2v) is 8.71. The molecule has 2 aliphatic heterocycles. The van der Waals surface area contributed by atoms with Gasteiger partial charge in [-0.2, -0.15) is 0 Å². The van der Waals surface area contributed by atoms with Gasteiger partial charge in [0.05, 0.1) is 5.41 Å². The smallest absolute Gasteiger partial charge is 0.253 e. The highest BCUT2D eigenvalue weighted by atomic mass is 16.2. The summed E-state index contributed by atoms with van der Waals surface area (Å²) in [5.41, 5.74) is 1.26. The lowest BCUT2D eigenvalue weighted by atomic mass is 9.74. The SMILES string of the molecule is Cc1cccc(C(=O)N2CCC[C@]3(C(=O)N(C)C)CN(c4ncccn4)C[C@@H]3C2)c1. The van der Waals surface area contributed by atoms with Crippen LogP contribution in [-0.4, -0.2) is 71.9 Å². The third-order valence-corrected chi connectivity index (χ3v) is 6.41. The summed E-state index contributed by atoms with van der Waals surface area (Å²) in [6, 6.07) is 9.51. The van der Waals surface area contributed by atoms with Gasteiger partial charge in [0.1, 0.15) is 0 Å². The number of rotatable bonds is 3. The van der Waals surface area contributed by atoms with Crippen molar-refractivity contribution in [3.05, 3.63) is 53.9 Å². The third-order valence-electron chi connectivity index (χ3n) is 6.41. The van der Waals surface area contributed by atoms with Crippen LogP contribution in [0, 0.1) is 18.3 Å². The number of fused-ring (bicyclic) bond motifs is 1. The average Bonchev–Trinajstić information content (AvgIpc) is 3.02. The summed E-state index contributed by atoms with van der Waals surface area (Å²) in [7, 11) is 3.63. The monoisotopic (exact) mass is 407 g/mol. The molecule has 30 heavy (non-hydrogen) atoms. The number of nitrogens with zero attached hydrogens (tertiary/aromatic N) is 5. The molecule has 2 atom stereocenters. The van der Waals surface area contributed by atoms with E-state index in [4.69, 9.17) is 0 Å². The Hall–Kier alpha value is -2.96. The number of hydrogen-bond acceptors (Lipinski definition) is 5. The van der Waals surface area contributed by atoms with E-state index >= 15 is 0 Å². The van der Waals surface area contributed by atoms with Crippen LogP contribution in [0.4, 0.5) is 5.95 Å². The summed E-state index contributed by atoms with van der Waals surface area (Å²) in [6.45, 7) is 4.49. The Kier molecular flexibility index (Phi) is 5.45. The summed E-state index contributed by atoms with van der Waals surface area (Å²) in [4.78, 5) is 41.1. The lowest BCUT2D eigenvalue weighted by Crippen LogP contribution is -2.47. The Morgan fingerprint density at radius 1 is 1.13 bits per heavy atom. The molecule has 2 aromatic rings. The van der Waals surface area contributed by atoms with Crippen molar-refractivity contribution in [1.29, 1.82) is 0 Å². The van der Waals surface area contributed by atoms with Gasteiger partial charge >= 0.3 is 0 Å².